The normalized spacial score (nSPS) is 13.8. The number of nitrogens with zero attached hydrogens (tertiary/aromatic N) is 3. The van der Waals surface area contributed by atoms with Gasteiger partial charge in [-0.15, -0.1) is 0 Å². The summed E-state index contributed by atoms with van der Waals surface area (Å²) in [5.41, 5.74) is 21.3. The van der Waals surface area contributed by atoms with E-state index < -0.39 is 12.2 Å². The van der Waals surface area contributed by atoms with Gasteiger partial charge in [-0.25, -0.2) is 0 Å². The molecule has 17 heavy (non-hydrogen) atoms. The summed E-state index contributed by atoms with van der Waals surface area (Å²) >= 11 is 0. The fourth-order valence-electron chi connectivity index (χ4n) is 1.51. The Morgan fingerprint density at radius 3 is 2.53 bits per heavy atom. The third kappa shape index (κ3) is 3.01. The van der Waals surface area contributed by atoms with Crippen LogP contribution >= 0.6 is 0 Å². The van der Waals surface area contributed by atoms with E-state index in [1.165, 1.54) is 6.07 Å². The van der Waals surface area contributed by atoms with Crippen molar-refractivity contribution in [3.63, 3.8) is 0 Å². The van der Waals surface area contributed by atoms with Crippen LogP contribution in [0.3, 0.4) is 0 Å². The van der Waals surface area contributed by atoms with Crippen LogP contribution < -0.4 is 11.5 Å². The number of hydrogen-bond acceptors (Lipinski definition) is 5. The number of anilines is 2. The Labute approximate surface area is 98.3 Å². The number of aliphatic hydroxyl groups excluding tert-OH is 2. The maximum atomic E-state index is 9.88. The number of aliphatic hydroxyl groups is 2. The first-order valence-electron chi connectivity index (χ1n) is 4.99. The molecule has 2 unspecified atom stereocenters. The molecule has 0 heterocycles. The van der Waals surface area contributed by atoms with Crippen molar-refractivity contribution in [1.82, 2.24) is 0 Å². The van der Waals surface area contributed by atoms with E-state index in [1.807, 2.05) is 0 Å². The summed E-state index contributed by atoms with van der Waals surface area (Å²) in [7, 11) is 0. The predicted molar refractivity (Wildman–Crippen MR) is 65.0 cm³/mol. The molecular formula is C10H15N5O2. The van der Waals surface area contributed by atoms with Crippen LogP contribution in [0.15, 0.2) is 17.2 Å². The first kappa shape index (κ1) is 13.1. The number of hydrogen-bond donors (Lipinski definition) is 4. The highest BCUT2D eigenvalue weighted by Gasteiger charge is 2.20. The summed E-state index contributed by atoms with van der Waals surface area (Å²) < 4.78 is 0. The monoisotopic (exact) mass is 237 g/mol. The topological polar surface area (TPSA) is 141 Å². The fourth-order valence-corrected chi connectivity index (χ4v) is 1.51. The van der Waals surface area contributed by atoms with E-state index in [1.54, 1.807) is 13.0 Å². The van der Waals surface area contributed by atoms with E-state index in [2.05, 4.69) is 10.0 Å². The molecule has 1 aromatic rings. The number of rotatable bonds is 4. The summed E-state index contributed by atoms with van der Waals surface area (Å²) in [6, 6.07) is 3.13. The van der Waals surface area contributed by atoms with Gasteiger partial charge in [0.25, 0.3) is 0 Å². The van der Waals surface area contributed by atoms with Crippen molar-refractivity contribution >= 4 is 11.4 Å². The van der Waals surface area contributed by atoms with Crippen LogP contribution in [0.4, 0.5) is 11.4 Å². The third-order valence-electron chi connectivity index (χ3n) is 2.49. The highest BCUT2D eigenvalue weighted by atomic mass is 16.3. The van der Waals surface area contributed by atoms with Gasteiger partial charge in [0.05, 0.1) is 24.0 Å². The number of aryl methyl sites for hydroxylation is 1. The molecule has 0 aromatic heterocycles. The first-order chi connectivity index (χ1) is 7.97. The van der Waals surface area contributed by atoms with Crippen LogP contribution in [-0.2, 0) is 0 Å². The third-order valence-corrected chi connectivity index (χ3v) is 2.49. The van der Waals surface area contributed by atoms with Gasteiger partial charge in [0.1, 0.15) is 6.10 Å². The molecule has 0 saturated heterocycles. The second-order valence-corrected chi connectivity index (χ2v) is 3.76. The van der Waals surface area contributed by atoms with Gasteiger partial charge in [-0.2, -0.15) is 0 Å². The minimum atomic E-state index is -1.17. The Morgan fingerprint density at radius 2 is 1.94 bits per heavy atom. The van der Waals surface area contributed by atoms with Crippen LogP contribution in [0, 0.1) is 6.92 Å². The van der Waals surface area contributed by atoms with Gasteiger partial charge in [-0.05, 0) is 35.7 Å². The van der Waals surface area contributed by atoms with Crippen molar-refractivity contribution in [2.45, 2.75) is 19.1 Å². The summed E-state index contributed by atoms with van der Waals surface area (Å²) in [5.74, 6) is 0. The second-order valence-electron chi connectivity index (χ2n) is 3.76. The van der Waals surface area contributed by atoms with E-state index in [0.717, 1.165) is 0 Å². The smallest absolute Gasteiger partial charge is 0.105 e. The minimum absolute atomic E-state index is 0.207. The maximum Gasteiger partial charge on any atom is 0.105 e. The lowest BCUT2D eigenvalue weighted by molar-refractivity contribution is 0.0241. The Morgan fingerprint density at radius 1 is 1.35 bits per heavy atom. The van der Waals surface area contributed by atoms with Crippen molar-refractivity contribution in [3.8, 4) is 0 Å². The van der Waals surface area contributed by atoms with Crippen molar-refractivity contribution < 1.29 is 10.2 Å². The van der Waals surface area contributed by atoms with Crippen LogP contribution in [0.1, 0.15) is 17.2 Å². The summed E-state index contributed by atoms with van der Waals surface area (Å²) in [4.78, 5) is 2.52. The molecule has 1 aromatic carbocycles. The van der Waals surface area contributed by atoms with Crippen molar-refractivity contribution in [3.05, 3.63) is 33.7 Å². The number of nitrogen functional groups attached to an aromatic ring is 2. The fraction of sp³-hybridized carbons (Fsp3) is 0.400. The lowest BCUT2D eigenvalue weighted by atomic mass is 9.98. The summed E-state index contributed by atoms with van der Waals surface area (Å²) in [6.07, 6.45) is -2.34. The van der Waals surface area contributed by atoms with E-state index in [4.69, 9.17) is 17.0 Å². The van der Waals surface area contributed by atoms with Gasteiger partial charge in [0.15, 0.2) is 0 Å². The molecule has 7 heteroatoms. The quantitative estimate of drug-likeness (QED) is 0.266. The lowest BCUT2D eigenvalue weighted by Gasteiger charge is -2.19. The zero-order valence-electron chi connectivity index (χ0n) is 9.41. The molecule has 1 rings (SSSR count). The van der Waals surface area contributed by atoms with Crippen LogP contribution in [-0.4, -0.2) is 22.9 Å². The van der Waals surface area contributed by atoms with Crippen LogP contribution in [0.2, 0.25) is 0 Å². The Kier molecular flexibility index (Phi) is 4.17. The molecule has 6 N–H and O–H groups in total. The Hall–Kier alpha value is -1.95. The molecule has 0 amide bonds. The molecular weight excluding hydrogens is 222 g/mol. The van der Waals surface area contributed by atoms with Gasteiger partial charge < -0.3 is 21.7 Å². The van der Waals surface area contributed by atoms with E-state index in [-0.39, 0.29) is 6.54 Å². The van der Waals surface area contributed by atoms with E-state index in [9.17, 15) is 10.2 Å². The highest BCUT2D eigenvalue weighted by Crippen LogP contribution is 2.27. The molecule has 0 bridgehead atoms. The molecule has 0 aliphatic rings. The maximum absolute atomic E-state index is 9.88. The Bertz CT molecular complexity index is 456. The van der Waals surface area contributed by atoms with Crippen molar-refractivity contribution in [1.29, 1.82) is 0 Å². The van der Waals surface area contributed by atoms with Crippen LogP contribution in [0.5, 0.6) is 0 Å². The van der Waals surface area contributed by atoms with Crippen molar-refractivity contribution in [2.75, 3.05) is 18.0 Å². The van der Waals surface area contributed by atoms with Gasteiger partial charge >= 0.3 is 0 Å². The average molecular weight is 237 g/mol. The SMILES string of the molecule is Cc1cc(N)c(N)cc1C(O)C(O)CN=[N+]=[N-]. The molecule has 0 spiro atoms. The van der Waals surface area contributed by atoms with Gasteiger partial charge in [-0.1, -0.05) is 5.11 Å². The molecule has 0 saturated carbocycles. The molecule has 0 radical (unpaired) electrons. The zero-order chi connectivity index (χ0) is 13.0. The van der Waals surface area contributed by atoms with Crippen LogP contribution in [0.25, 0.3) is 10.4 Å². The summed E-state index contributed by atoms with van der Waals surface area (Å²) in [6.45, 7) is 1.54. The minimum Gasteiger partial charge on any atom is -0.397 e. The van der Waals surface area contributed by atoms with Crippen molar-refractivity contribution in [2.24, 2.45) is 5.11 Å². The molecule has 0 aliphatic heterocycles. The second kappa shape index (κ2) is 5.40. The number of nitrogens with two attached hydrogens (primary N) is 2. The zero-order valence-corrected chi connectivity index (χ0v) is 9.41. The van der Waals surface area contributed by atoms with Gasteiger partial charge in [-0.3, -0.25) is 0 Å². The molecule has 92 valence electrons. The van der Waals surface area contributed by atoms with E-state index in [0.29, 0.717) is 22.5 Å². The molecule has 7 nitrogen and oxygen atoms in total. The number of azide groups is 1. The van der Waals surface area contributed by atoms with Gasteiger partial charge in [0.2, 0.25) is 0 Å². The Balaban J connectivity index is 2.99. The molecule has 2 atom stereocenters. The average Bonchev–Trinajstić information content (AvgIpc) is 2.29. The van der Waals surface area contributed by atoms with E-state index >= 15 is 0 Å². The lowest BCUT2D eigenvalue weighted by Crippen LogP contribution is -2.22. The molecule has 0 fully saturated rings. The first-order valence-corrected chi connectivity index (χ1v) is 4.99. The predicted octanol–water partition coefficient (Wildman–Crippen LogP) is 0.864. The largest absolute Gasteiger partial charge is 0.397 e. The summed E-state index contributed by atoms with van der Waals surface area (Å²) in [5, 5.41) is 22.7. The molecule has 0 aliphatic carbocycles. The van der Waals surface area contributed by atoms with Gasteiger partial charge in [0, 0.05) is 4.91 Å². The standard InChI is InChI=1S/C10H15N5O2/c1-5-2-7(11)8(12)3-6(5)10(17)9(16)4-14-15-13/h2-3,9-10,16-17H,4,11-12H2,1H3. The highest BCUT2D eigenvalue weighted by molar-refractivity contribution is 5.66. The number of benzene rings is 1.